The van der Waals surface area contributed by atoms with Gasteiger partial charge in [0.1, 0.15) is 5.78 Å². The molecular weight excluding hydrogens is 235 g/mol. The van der Waals surface area contributed by atoms with E-state index in [-0.39, 0.29) is 35.7 Å². The number of carboxylic acid groups (broad SMARTS) is 1. The topological polar surface area (TPSA) is 80.3 Å². The van der Waals surface area contributed by atoms with E-state index in [2.05, 4.69) is 0 Å². The number of Topliss-reactive ketones (excluding diaryl/α,β-unsaturated/α-hetero) is 1. The first-order valence-electron chi connectivity index (χ1n) is 5.83. The smallest absolute Gasteiger partial charge is 0.854 e. The fourth-order valence-corrected chi connectivity index (χ4v) is 1.17. The van der Waals surface area contributed by atoms with Crippen LogP contribution in [0, 0.1) is 5.92 Å². The summed E-state index contributed by atoms with van der Waals surface area (Å²) in [4.78, 5) is 21.0. The molecule has 1 radical (unpaired) electrons. The Morgan fingerprint density at radius 3 is 1.76 bits per heavy atom. The molecule has 0 rings (SSSR count). The molecule has 0 heterocycles. The minimum Gasteiger partial charge on any atom is -0.854 e. The van der Waals surface area contributed by atoms with E-state index in [0.29, 0.717) is 12.8 Å². The molecule has 0 aromatic carbocycles. The molecule has 0 spiro atoms. The molecular formula is C12H22AlO4. The molecule has 0 aromatic rings. The molecule has 97 valence electrons. The van der Waals surface area contributed by atoms with Gasteiger partial charge in [0.25, 0.3) is 0 Å². The van der Waals surface area contributed by atoms with Gasteiger partial charge >= 0.3 is 17.4 Å². The second kappa shape index (κ2) is 15.6. The second-order valence-corrected chi connectivity index (χ2v) is 3.59. The standard InChI is InChI=1S/C8H14O3.C4H9O.Al/c1-3-6(4-2)7(9)5-8(10)11;1-2-3-4-5;/h6H,3-5H2,1-2H3,(H,10,11);2-4H2,1H3;/q;-1;+2/p-1. The predicted molar refractivity (Wildman–Crippen MR) is 64.2 cm³/mol. The summed E-state index contributed by atoms with van der Waals surface area (Å²) in [6.45, 7) is 5.86. The maximum absolute atomic E-state index is 11.0. The summed E-state index contributed by atoms with van der Waals surface area (Å²) in [6.07, 6.45) is 2.85. The van der Waals surface area contributed by atoms with E-state index in [1.807, 2.05) is 20.8 Å². The molecule has 0 aliphatic carbocycles. The van der Waals surface area contributed by atoms with Crippen molar-refractivity contribution in [2.45, 2.75) is 52.9 Å². The van der Waals surface area contributed by atoms with Crippen molar-refractivity contribution in [2.75, 3.05) is 6.61 Å². The van der Waals surface area contributed by atoms with Crippen molar-refractivity contribution in [1.82, 2.24) is 0 Å². The van der Waals surface area contributed by atoms with Crippen LogP contribution in [0.15, 0.2) is 0 Å². The van der Waals surface area contributed by atoms with Crippen molar-refractivity contribution in [1.29, 1.82) is 0 Å². The Hall–Kier alpha value is -0.368. The van der Waals surface area contributed by atoms with E-state index in [9.17, 15) is 19.8 Å². The Morgan fingerprint density at radius 1 is 1.12 bits per heavy atom. The summed E-state index contributed by atoms with van der Waals surface area (Å²) in [5.41, 5.74) is 0. The summed E-state index contributed by atoms with van der Waals surface area (Å²) < 4.78 is 0. The average molecular weight is 257 g/mol. The van der Waals surface area contributed by atoms with Crippen LogP contribution >= 0.6 is 0 Å². The summed E-state index contributed by atoms with van der Waals surface area (Å²) >= 11 is 0. The Bertz CT molecular complexity index is 189. The third-order valence-electron chi connectivity index (χ3n) is 2.26. The minimum atomic E-state index is -1.28. The molecule has 5 heteroatoms. The maximum atomic E-state index is 11.0. The molecule has 0 atom stereocenters. The Morgan fingerprint density at radius 2 is 1.59 bits per heavy atom. The van der Waals surface area contributed by atoms with E-state index in [1.54, 1.807) is 0 Å². The van der Waals surface area contributed by atoms with Crippen LogP contribution in [-0.2, 0) is 9.59 Å². The van der Waals surface area contributed by atoms with Crippen LogP contribution in [0.25, 0.3) is 0 Å². The Kier molecular flexibility index (Phi) is 20.1. The Labute approximate surface area is 115 Å². The monoisotopic (exact) mass is 257 g/mol. The number of carbonyl (C=O) groups is 2. The SMILES string of the molecule is CCC(CC)C(=O)CC(=O)[O-].CCCC[O-].[Al+2]. The average Bonchev–Trinajstić information content (AvgIpc) is 2.20. The van der Waals surface area contributed by atoms with Crippen molar-refractivity contribution < 1.29 is 19.8 Å². The van der Waals surface area contributed by atoms with Gasteiger partial charge in [-0.25, -0.2) is 0 Å². The Balaban J connectivity index is -0.000000280. The molecule has 0 saturated carbocycles. The fraction of sp³-hybridized carbons (Fsp3) is 0.833. The van der Waals surface area contributed by atoms with E-state index in [0.717, 1.165) is 12.8 Å². The van der Waals surface area contributed by atoms with Gasteiger partial charge in [0.05, 0.1) is 0 Å². The number of ketones is 1. The van der Waals surface area contributed by atoms with Crippen LogP contribution < -0.4 is 10.2 Å². The van der Waals surface area contributed by atoms with Crippen molar-refractivity contribution >= 4 is 29.1 Å². The van der Waals surface area contributed by atoms with Gasteiger partial charge in [-0.1, -0.05) is 33.6 Å². The van der Waals surface area contributed by atoms with Gasteiger partial charge in [0, 0.05) is 18.3 Å². The summed E-state index contributed by atoms with van der Waals surface area (Å²) in [6, 6.07) is 0. The van der Waals surface area contributed by atoms with E-state index >= 15 is 0 Å². The first-order chi connectivity index (χ1) is 7.53. The number of carboxylic acids is 1. The summed E-state index contributed by atoms with van der Waals surface area (Å²) in [5.74, 6) is -1.59. The van der Waals surface area contributed by atoms with Crippen LogP contribution in [-0.4, -0.2) is 35.7 Å². The molecule has 0 N–H and O–H groups in total. The van der Waals surface area contributed by atoms with Gasteiger partial charge in [-0.05, 0) is 12.8 Å². The van der Waals surface area contributed by atoms with Crippen LogP contribution in [0.2, 0.25) is 0 Å². The molecule has 0 aliphatic heterocycles. The van der Waals surface area contributed by atoms with Crippen LogP contribution in [0.1, 0.15) is 52.9 Å². The third kappa shape index (κ3) is 15.6. The van der Waals surface area contributed by atoms with Gasteiger partial charge in [-0.2, -0.15) is 0 Å². The molecule has 0 bridgehead atoms. The molecule has 0 amide bonds. The van der Waals surface area contributed by atoms with Crippen molar-refractivity contribution in [3.05, 3.63) is 0 Å². The summed E-state index contributed by atoms with van der Waals surface area (Å²) in [7, 11) is 0. The van der Waals surface area contributed by atoms with Crippen LogP contribution in [0.3, 0.4) is 0 Å². The van der Waals surface area contributed by atoms with Crippen molar-refractivity contribution in [3.8, 4) is 0 Å². The normalized spacial score (nSPS) is 9.00. The quantitative estimate of drug-likeness (QED) is 0.471. The van der Waals surface area contributed by atoms with E-state index < -0.39 is 12.4 Å². The first-order valence-corrected chi connectivity index (χ1v) is 5.83. The largest absolute Gasteiger partial charge is 2.00 e. The first kappa shape index (κ1) is 21.9. The van der Waals surface area contributed by atoms with Crippen molar-refractivity contribution in [2.24, 2.45) is 5.92 Å². The number of hydrogen-bond donors (Lipinski definition) is 0. The molecule has 4 nitrogen and oxygen atoms in total. The molecule has 17 heavy (non-hydrogen) atoms. The number of carbonyl (C=O) groups excluding carboxylic acids is 2. The number of hydrogen-bond acceptors (Lipinski definition) is 4. The van der Waals surface area contributed by atoms with Crippen LogP contribution in [0.4, 0.5) is 0 Å². The zero-order valence-electron chi connectivity index (χ0n) is 11.0. The zero-order chi connectivity index (χ0) is 13.0. The number of aliphatic carboxylic acids is 1. The molecule has 0 saturated heterocycles. The van der Waals surface area contributed by atoms with Gasteiger partial charge < -0.3 is 15.0 Å². The predicted octanol–water partition coefficient (Wildman–Crippen LogP) is -0.102. The summed E-state index contributed by atoms with van der Waals surface area (Å²) in [5, 5.41) is 19.5. The molecule has 0 fully saturated rings. The van der Waals surface area contributed by atoms with Crippen LogP contribution in [0.5, 0.6) is 0 Å². The van der Waals surface area contributed by atoms with Crippen molar-refractivity contribution in [3.63, 3.8) is 0 Å². The second-order valence-electron chi connectivity index (χ2n) is 3.59. The third-order valence-corrected chi connectivity index (χ3v) is 2.26. The van der Waals surface area contributed by atoms with Gasteiger partial charge in [-0.3, -0.25) is 4.79 Å². The zero-order valence-corrected chi connectivity index (χ0v) is 12.2. The molecule has 0 aliphatic rings. The molecule has 0 aromatic heterocycles. The molecule has 0 unspecified atom stereocenters. The number of rotatable bonds is 7. The number of unbranched alkanes of at least 4 members (excludes halogenated alkanes) is 1. The minimum absolute atomic E-state index is 0. The van der Waals surface area contributed by atoms with E-state index in [4.69, 9.17) is 0 Å². The van der Waals surface area contributed by atoms with Gasteiger partial charge in [-0.15, -0.1) is 6.61 Å². The van der Waals surface area contributed by atoms with E-state index in [1.165, 1.54) is 0 Å². The fourth-order valence-electron chi connectivity index (χ4n) is 1.17. The maximum Gasteiger partial charge on any atom is 2.00 e. The van der Waals surface area contributed by atoms with Gasteiger partial charge in [0.15, 0.2) is 0 Å². The van der Waals surface area contributed by atoms with Gasteiger partial charge in [0.2, 0.25) is 0 Å².